The fraction of sp³-hybridized carbons (Fsp3) is 0.100. The summed E-state index contributed by atoms with van der Waals surface area (Å²) in [6, 6.07) is 4.67. The molecule has 0 saturated carbocycles. The highest BCUT2D eigenvalue weighted by atomic mass is 32.2. The van der Waals surface area contributed by atoms with E-state index in [9.17, 15) is 13.5 Å². The highest BCUT2D eigenvalue weighted by molar-refractivity contribution is 7.92. The van der Waals surface area contributed by atoms with Gasteiger partial charge in [-0.3, -0.25) is 4.72 Å². The monoisotopic (exact) mass is 253 g/mol. The van der Waals surface area contributed by atoms with Crippen molar-refractivity contribution < 1.29 is 13.5 Å². The second-order valence-electron chi connectivity index (χ2n) is 3.54. The molecule has 0 bridgehead atoms. The number of phenolic OH excluding ortho intramolecular Hbond substituents is 1. The Bertz CT molecular complexity index is 620. The Morgan fingerprint density at radius 3 is 2.76 bits per heavy atom. The lowest BCUT2D eigenvalue weighted by atomic mass is 10.2. The molecule has 0 aliphatic rings. The molecule has 6 nitrogen and oxygen atoms in total. The van der Waals surface area contributed by atoms with Crippen molar-refractivity contribution in [3.63, 3.8) is 0 Å². The predicted molar refractivity (Wildman–Crippen MR) is 62.2 cm³/mol. The number of aromatic nitrogens is 2. The number of rotatable bonds is 3. The average Bonchev–Trinajstić information content (AvgIpc) is 2.76. The van der Waals surface area contributed by atoms with Crippen LogP contribution in [0, 0.1) is 6.92 Å². The predicted octanol–water partition coefficient (Wildman–Crippen LogP) is 1.22. The van der Waals surface area contributed by atoms with Gasteiger partial charge >= 0.3 is 0 Å². The van der Waals surface area contributed by atoms with Gasteiger partial charge in [-0.05, 0) is 24.6 Å². The van der Waals surface area contributed by atoms with Crippen LogP contribution in [0.15, 0.2) is 35.7 Å². The lowest BCUT2D eigenvalue weighted by Gasteiger charge is -2.08. The molecule has 0 saturated heterocycles. The molecule has 2 rings (SSSR count). The summed E-state index contributed by atoms with van der Waals surface area (Å²) in [6.07, 6.45) is 2.46. The van der Waals surface area contributed by atoms with Crippen molar-refractivity contribution in [2.75, 3.05) is 4.72 Å². The first-order valence-corrected chi connectivity index (χ1v) is 6.28. The Balaban J connectivity index is 2.33. The van der Waals surface area contributed by atoms with Crippen LogP contribution in [-0.4, -0.2) is 23.5 Å². The minimum atomic E-state index is -3.73. The number of aromatic amines is 1. The number of anilines is 1. The number of phenols is 1. The van der Waals surface area contributed by atoms with Gasteiger partial charge in [0, 0.05) is 0 Å². The zero-order valence-corrected chi connectivity index (χ0v) is 9.82. The Hall–Kier alpha value is -2.02. The highest BCUT2D eigenvalue weighted by Gasteiger charge is 2.17. The fourth-order valence-corrected chi connectivity index (χ4v) is 2.30. The molecule has 90 valence electrons. The van der Waals surface area contributed by atoms with Crippen molar-refractivity contribution in [2.24, 2.45) is 0 Å². The summed E-state index contributed by atoms with van der Waals surface area (Å²) in [5, 5.41) is 9.54. The average molecular weight is 253 g/mol. The summed E-state index contributed by atoms with van der Waals surface area (Å²) >= 11 is 0. The SMILES string of the molecule is Cc1ccc(NS(=O)(=O)c2cnc[nH]2)c(O)c1. The fourth-order valence-electron chi connectivity index (χ4n) is 1.32. The van der Waals surface area contributed by atoms with Crippen LogP contribution < -0.4 is 4.72 Å². The third kappa shape index (κ3) is 2.39. The topological polar surface area (TPSA) is 95.1 Å². The first-order chi connectivity index (χ1) is 7.99. The summed E-state index contributed by atoms with van der Waals surface area (Å²) < 4.78 is 25.9. The van der Waals surface area contributed by atoms with Gasteiger partial charge in [0.05, 0.1) is 18.2 Å². The molecule has 1 heterocycles. The maximum Gasteiger partial charge on any atom is 0.279 e. The molecule has 0 unspecified atom stereocenters. The first-order valence-electron chi connectivity index (χ1n) is 4.80. The summed E-state index contributed by atoms with van der Waals surface area (Å²) in [7, 11) is -3.73. The van der Waals surface area contributed by atoms with Crippen LogP contribution >= 0.6 is 0 Å². The Kier molecular flexibility index (Phi) is 2.76. The van der Waals surface area contributed by atoms with Gasteiger partial charge in [0.1, 0.15) is 5.75 Å². The van der Waals surface area contributed by atoms with Gasteiger partial charge in [-0.15, -0.1) is 0 Å². The number of benzene rings is 1. The molecule has 0 aliphatic heterocycles. The van der Waals surface area contributed by atoms with Gasteiger partial charge in [0.15, 0.2) is 5.03 Å². The molecule has 0 amide bonds. The van der Waals surface area contributed by atoms with Crippen molar-refractivity contribution in [1.29, 1.82) is 0 Å². The number of nitrogens with one attached hydrogen (secondary N) is 2. The number of aryl methyl sites for hydroxylation is 1. The maximum atomic E-state index is 11.8. The Morgan fingerprint density at radius 1 is 1.41 bits per heavy atom. The first kappa shape index (κ1) is 11.5. The molecule has 1 aromatic carbocycles. The molecular weight excluding hydrogens is 242 g/mol. The molecule has 7 heteroatoms. The number of nitrogens with zero attached hydrogens (tertiary/aromatic N) is 1. The Labute approximate surface area is 98.4 Å². The maximum absolute atomic E-state index is 11.8. The standard InChI is InChI=1S/C10H11N3O3S/c1-7-2-3-8(9(14)4-7)13-17(15,16)10-5-11-6-12-10/h2-6,13-14H,1H3,(H,11,12). The van der Waals surface area contributed by atoms with E-state index in [1.807, 2.05) is 0 Å². The van der Waals surface area contributed by atoms with Crippen LogP contribution in [0.1, 0.15) is 5.56 Å². The van der Waals surface area contributed by atoms with Crippen molar-refractivity contribution in [2.45, 2.75) is 11.9 Å². The van der Waals surface area contributed by atoms with Crippen LogP contribution in [0.5, 0.6) is 5.75 Å². The molecule has 1 aromatic heterocycles. The van der Waals surface area contributed by atoms with E-state index in [-0.39, 0.29) is 16.5 Å². The molecule has 0 atom stereocenters. The van der Waals surface area contributed by atoms with E-state index in [2.05, 4.69) is 14.7 Å². The molecular formula is C10H11N3O3S. The number of hydrogen-bond donors (Lipinski definition) is 3. The van der Waals surface area contributed by atoms with Crippen LogP contribution in [0.3, 0.4) is 0 Å². The lowest BCUT2D eigenvalue weighted by molar-refractivity contribution is 0.477. The van der Waals surface area contributed by atoms with Gasteiger partial charge in [-0.2, -0.15) is 8.42 Å². The number of imidazole rings is 1. The Morgan fingerprint density at radius 2 is 2.18 bits per heavy atom. The van der Waals surface area contributed by atoms with E-state index in [0.717, 1.165) is 5.56 Å². The summed E-state index contributed by atoms with van der Waals surface area (Å²) in [6.45, 7) is 1.80. The second kappa shape index (κ2) is 4.10. The minimum absolute atomic E-state index is 0.0579. The van der Waals surface area contributed by atoms with Crippen molar-refractivity contribution in [3.05, 3.63) is 36.3 Å². The third-order valence-electron chi connectivity index (χ3n) is 2.16. The number of sulfonamides is 1. The van der Waals surface area contributed by atoms with Crippen molar-refractivity contribution in [3.8, 4) is 5.75 Å². The van der Waals surface area contributed by atoms with E-state index in [1.54, 1.807) is 13.0 Å². The minimum Gasteiger partial charge on any atom is -0.506 e. The molecule has 2 aromatic rings. The van der Waals surface area contributed by atoms with Gasteiger partial charge in [0.2, 0.25) is 0 Å². The van der Waals surface area contributed by atoms with Gasteiger partial charge in [-0.25, -0.2) is 4.98 Å². The highest BCUT2D eigenvalue weighted by Crippen LogP contribution is 2.25. The number of hydrogen-bond acceptors (Lipinski definition) is 4. The zero-order valence-electron chi connectivity index (χ0n) is 9.01. The summed E-state index contributed by atoms with van der Waals surface area (Å²) in [5.74, 6) is -0.118. The van der Waals surface area contributed by atoms with Crippen LogP contribution in [-0.2, 0) is 10.0 Å². The molecule has 0 aliphatic carbocycles. The van der Waals surface area contributed by atoms with E-state index in [1.165, 1.54) is 24.7 Å². The van der Waals surface area contributed by atoms with Crippen molar-refractivity contribution >= 4 is 15.7 Å². The van der Waals surface area contributed by atoms with Crippen molar-refractivity contribution in [1.82, 2.24) is 9.97 Å². The lowest BCUT2D eigenvalue weighted by Crippen LogP contribution is -2.13. The van der Waals surface area contributed by atoms with Gasteiger partial charge < -0.3 is 10.1 Å². The quantitative estimate of drug-likeness (QED) is 0.717. The van der Waals surface area contributed by atoms with Gasteiger partial charge in [0.25, 0.3) is 10.0 Å². The molecule has 3 N–H and O–H groups in total. The summed E-state index contributed by atoms with van der Waals surface area (Å²) in [4.78, 5) is 6.11. The van der Waals surface area contributed by atoms with Crippen LogP contribution in [0.4, 0.5) is 5.69 Å². The second-order valence-corrected chi connectivity index (χ2v) is 5.19. The molecule has 0 radical (unpaired) electrons. The van der Waals surface area contributed by atoms with Crippen LogP contribution in [0.25, 0.3) is 0 Å². The zero-order chi connectivity index (χ0) is 12.5. The van der Waals surface area contributed by atoms with E-state index in [0.29, 0.717) is 0 Å². The third-order valence-corrected chi connectivity index (χ3v) is 3.45. The van der Waals surface area contributed by atoms with E-state index >= 15 is 0 Å². The molecule has 17 heavy (non-hydrogen) atoms. The molecule has 0 fully saturated rings. The van der Waals surface area contributed by atoms with Crippen LogP contribution in [0.2, 0.25) is 0 Å². The largest absolute Gasteiger partial charge is 0.506 e. The van der Waals surface area contributed by atoms with Gasteiger partial charge in [-0.1, -0.05) is 6.07 Å². The normalized spacial score (nSPS) is 11.4. The summed E-state index contributed by atoms with van der Waals surface area (Å²) in [5.41, 5.74) is 0.970. The van der Waals surface area contributed by atoms with E-state index < -0.39 is 10.0 Å². The number of aromatic hydroxyl groups is 1. The molecule has 0 spiro atoms. The number of H-pyrrole nitrogens is 1. The van der Waals surface area contributed by atoms with E-state index in [4.69, 9.17) is 0 Å². The smallest absolute Gasteiger partial charge is 0.279 e.